The molecule has 0 unspecified atom stereocenters. The molecule has 1 aromatic rings. The molecule has 1 fully saturated rings. The Kier molecular flexibility index (Phi) is 2.76. The topological polar surface area (TPSA) is 88.8 Å². The lowest BCUT2D eigenvalue weighted by Crippen LogP contribution is -2.22. The first-order valence-electron chi connectivity index (χ1n) is 4.65. The van der Waals surface area contributed by atoms with Gasteiger partial charge in [0.1, 0.15) is 5.82 Å². The predicted octanol–water partition coefficient (Wildman–Crippen LogP) is 0.280. The summed E-state index contributed by atoms with van der Waals surface area (Å²) in [5.74, 6) is 0.279. The van der Waals surface area contributed by atoms with Gasteiger partial charge in [-0.2, -0.15) is 0 Å². The second kappa shape index (κ2) is 3.92. The van der Waals surface area contributed by atoms with Crippen molar-refractivity contribution < 1.29 is 4.79 Å². The van der Waals surface area contributed by atoms with Gasteiger partial charge in [0.25, 0.3) is 5.56 Å². The number of aromatic nitrogens is 2. The second-order valence-electron chi connectivity index (χ2n) is 3.63. The van der Waals surface area contributed by atoms with Gasteiger partial charge < -0.3 is 10.7 Å². The smallest absolute Gasteiger partial charge is 0.264 e. The average Bonchev–Trinajstić information content (AvgIpc) is 2.93. The Balaban J connectivity index is 2.41. The summed E-state index contributed by atoms with van der Waals surface area (Å²) in [6.07, 6.45) is 2.14. The molecule has 0 radical (unpaired) electrons. The molecule has 0 saturated heterocycles. The van der Waals surface area contributed by atoms with Gasteiger partial charge in [0, 0.05) is 5.92 Å². The number of hydrogen-bond acceptors (Lipinski definition) is 3. The fraction of sp³-hybridized carbons (Fsp3) is 0.444. The molecule has 80 valence electrons. The van der Waals surface area contributed by atoms with Crippen molar-refractivity contribution in [2.45, 2.75) is 25.2 Å². The van der Waals surface area contributed by atoms with Crippen molar-refractivity contribution in [2.75, 3.05) is 0 Å². The summed E-state index contributed by atoms with van der Waals surface area (Å²) in [7, 11) is 0. The van der Waals surface area contributed by atoms with E-state index in [4.69, 9.17) is 5.73 Å². The zero-order valence-electron chi connectivity index (χ0n) is 7.92. The van der Waals surface area contributed by atoms with Crippen LogP contribution in [0.5, 0.6) is 0 Å². The Morgan fingerprint density at radius 3 is 2.80 bits per heavy atom. The molecule has 0 bridgehead atoms. The first-order valence-corrected chi connectivity index (χ1v) is 5.72. The molecule has 3 N–H and O–H groups in total. The van der Waals surface area contributed by atoms with Gasteiger partial charge in [-0.25, -0.2) is 4.98 Å². The maximum Gasteiger partial charge on any atom is 0.264 e. The number of nitrogens with one attached hydrogen (secondary N) is 1. The zero-order valence-corrected chi connectivity index (χ0v) is 10.1. The van der Waals surface area contributed by atoms with Crippen LogP contribution >= 0.6 is 22.6 Å². The number of carbonyl (C=O) groups excluding carboxylic acids is 1. The molecular formula is C9H10IN3O2. The van der Waals surface area contributed by atoms with Crippen LogP contribution in [0.4, 0.5) is 0 Å². The Hall–Kier alpha value is -0.920. The molecule has 1 amide bonds. The number of nitrogens with zero attached hydrogens (tertiary/aromatic N) is 1. The van der Waals surface area contributed by atoms with E-state index < -0.39 is 5.91 Å². The Morgan fingerprint density at radius 1 is 1.60 bits per heavy atom. The first-order chi connectivity index (χ1) is 7.08. The van der Waals surface area contributed by atoms with Crippen LogP contribution in [0.3, 0.4) is 0 Å². The summed E-state index contributed by atoms with van der Waals surface area (Å²) >= 11 is 1.99. The van der Waals surface area contributed by atoms with Crippen LogP contribution in [-0.4, -0.2) is 15.9 Å². The number of carbonyl (C=O) groups is 1. The highest BCUT2D eigenvalue weighted by atomic mass is 127. The molecule has 15 heavy (non-hydrogen) atoms. The third kappa shape index (κ3) is 2.36. The molecule has 0 aliphatic heterocycles. The van der Waals surface area contributed by atoms with Gasteiger partial charge in [0.2, 0.25) is 5.91 Å². The second-order valence-corrected chi connectivity index (χ2v) is 4.71. The van der Waals surface area contributed by atoms with Crippen LogP contribution in [0.15, 0.2) is 4.79 Å². The van der Waals surface area contributed by atoms with Crippen LogP contribution in [0.25, 0.3) is 0 Å². The molecule has 0 spiro atoms. The number of H-pyrrole nitrogens is 1. The number of halogens is 1. The third-order valence-corrected chi connectivity index (χ3v) is 3.29. The lowest BCUT2D eigenvalue weighted by atomic mass is 10.2. The van der Waals surface area contributed by atoms with Crippen molar-refractivity contribution in [3.8, 4) is 0 Å². The van der Waals surface area contributed by atoms with Crippen molar-refractivity contribution in [3.05, 3.63) is 25.4 Å². The molecule has 1 aliphatic rings. The Bertz CT molecular complexity index is 465. The number of rotatable bonds is 3. The van der Waals surface area contributed by atoms with E-state index in [0.29, 0.717) is 15.3 Å². The van der Waals surface area contributed by atoms with E-state index in [-0.39, 0.29) is 12.0 Å². The highest BCUT2D eigenvalue weighted by molar-refractivity contribution is 14.1. The van der Waals surface area contributed by atoms with Crippen LogP contribution in [0, 0.1) is 3.57 Å². The quantitative estimate of drug-likeness (QED) is 0.784. The molecule has 6 heteroatoms. The summed E-state index contributed by atoms with van der Waals surface area (Å²) in [6.45, 7) is 0. The van der Waals surface area contributed by atoms with Crippen LogP contribution in [0.2, 0.25) is 0 Å². The number of hydrogen-bond donors (Lipinski definition) is 2. The minimum atomic E-state index is -0.485. The molecular weight excluding hydrogens is 309 g/mol. The van der Waals surface area contributed by atoms with E-state index >= 15 is 0 Å². The highest BCUT2D eigenvalue weighted by Crippen LogP contribution is 2.40. The minimum Gasteiger partial charge on any atom is -0.369 e. The highest BCUT2D eigenvalue weighted by Gasteiger charge is 2.28. The van der Waals surface area contributed by atoms with Crippen LogP contribution in [0.1, 0.15) is 30.3 Å². The normalized spacial score (nSPS) is 15.3. The zero-order chi connectivity index (χ0) is 11.0. The van der Waals surface area contributed by atoms with Gasteiger partial charge in [-0.05, 0) is 35.4 Å². The van der Waals surface area contributed by atoms with Gasteiger partial charge in [-0.15, -0.1) is 0 Å². The molecule has 1 aliphatic carbocycles. The fourth-order valence-electron chi connectivity index (χ4n) is 1.40. The maximum atomic E-state index is 11.5. The Morgan fingerprint density at radius 2 is 2.27 bits per heavy atom. The molecule has 0 aromatic carbocycles. The van der Waals surface area contributed by atoms with Gasteiger partial charge in [-0.1, -0.05) is 0 Å². The lowest BCUT2D eigenvalue weighted by Gasteiger charge is -2.03. The van der Waals surface area contributed by atoms with E-state index in [9.17, 15) is 9.59 Å². The standard InChI is InChI=1S/C9H10IN3O2/c10-7-8(4-1-2-4)12-6(3-5(11)14)13-9(7)15/h4H,1-3H2,(H2,11,14)(H,12,13,15). The van der Waals surface area contributed by atoms with E-state index in [1.165, 1.54) is 0 Å². The van der Waals surface area contributed by atoms with E-state index in [1.54, 1.807) is 0 Å². The van der Waals surface area contributed by atoms with Gasteiger partial charge in [0.05, 0.1) is 15.7 Å². The monoisotopic (exact) mass is 319 g/mol. The summed E-state index contributed by atoms with van der Waals surface area (Å²) in [4.78, 5) is 29.1. The Labute approximate surface area is 99.6 Å². The predicted molar refractivity (Wildman–Crippen MR) is 62.4 cm³/mol. The minimum absolute atomic E-state index is 0.00806. The number of aromatic amines is 1. The summed E-state index contributed by atoms with van der Waals surface area (Å²) in [6, 6.07) is 0. The summed E-state index contributed by atoms with van der Waals surface area (Å²) < 4.78 is 0.628. The van der Waals surface area contributed by atoms with Crippen molar-refractivity contribution in [1.29, 1.82) is 0 Å². The fourth-order valence-corrected chi connectivity index (χ4v) is 2.10. The average molecular weight is 319 g/mol. The first kappa shape index (κ1) is 10.6. The van der Waals surface area contributed by atoms with Crippen LogP contribution < -0.4 is 11.3 Å². The van der Waals surface area contributed by atoms with Crippen molar-refractivity contribution in [2.24, 2.45) is 5.73 Å². The molecule has 1 heterocycles. The SMILES string of the molecule is NC(=O)Cc1nc(C2CC2)c(I)c(=O)[nH]1. The van der Waals surface area contributed by atoms with Gasteiger partial charge >= 0.3 is 0 Å². The van der Waals surface area contributed by atoms with Crippen LogP contribution in [-0.2, 0) is 11.2 Å². The summed E-state index contributed by atoms with van der Waals surface area (Å²) in [5.41, 5.74) is 5.69. The largest absolute Gasteiger partial charge is 0.369 e. The van der Waals surface area contributed by atoms with Crippen molar-refractivity contribution >= 4 is 28.5 Å². The maximum absolute atomic E-state index is 11.5. The van der Waals surface area contributed by atoms with Crippen molar-refractivity contribution in [1.82, 2.24) is 9.97 Å². The molecule has 1 saturated carbocycles. The third-order valence-electron chi connectivity index (χ3n) is 2.24. The van der Waals surface area contributed by atoms with Gasteiger partial charge in [-0.3, -0.25) is 9.59 Å². The number of primary amides is 1. The van der Waals surface area contributed by atoms with Gasteiger partial charge in [0.15, 0.2) is 0 Å². The molecule has 5 nitrogen and oxygen atoms in total. The summed E-state index contributed by atoms with van der Waals surface area (Å²) in [5, 5.41) is 0. The van der Waals surface area contributed by atoms with E-state index in [1.807, 2.05) is 22.6 Å². The lowest BCUT2D eigenvalue weighted by molar-refractivity contribution is -0.117. The molecule has 1 aromatic heterocycles. The van der Waals surface area contributed by atoms with Crippen molar-refractivity contribution in [3.63, 3.8) is 0 Å². The number of amides is 1. The number of nitrogens with two attached hydrogens (primary N) is 1. The van der Waals surface area contributed by atoms with E-state index in [0.717, 1.165) is 18.5 Å². The van der Waals surface area contributed by atoms with E-state index in [2.05, 4.69) is 9.97 Å². The molecule has 2 rings (SSSR count). The molecule has 0 atom stereocenters.